The van der Waals surface area contributed by atoms with Gasteiger partial charge in [-0.25, -0.2) is 0 Å². The van der Waals surface area contributed by atoms with Crippen molar-refractivity contribution in [2.75, 3.05) is 0 Å². The fourth-order valence-corrected chi connectivity index (χ4v) is 6.06. The van der Waals surface area contributed by atoms with Crippen LogP contribution in [0.25, 0.3) is 33.1 Å². The SMILES string of the molecule is CCc1ccc(-n2c3ccccc3c3cc4c(cc32)C(C)(CC)C2=C4C=CC(C)C2)cc1. The molecule has 0 bridgehead atoms. The molecule has 2 aliphatic carbocycles. The molecule has 0 N–H and O–H groups in total. The van der Waals surface area contributed by atoms with E-state index in [1.807, 2.05) is 0 Å². The normalized spacial score (nSPS) is 22.1. The number of rotatable bonds is 3. The van der Waals surface area contributed by atoms with Crippen LogP contribution in [0, 0.1) is 5.92 Å². The standard InChI is InChI=1S/C31H31N/c1-5-21-12-14-22(15-13-21)32-29-10-8-7-9-24(29)26-18-25-23-16-11-20(3)17-27(23)31(4,6-2)28(25)19-30(26)32/h7-16,18-20H,5-6,17H2,1-4H3. The van der Waals surface area contributed by atoms with Crippen LogP contribution in [0.1, 0.15) is 57.2 Å². The van der Waals surface area contributed by atoms with Crippen LogP contribution in [-0.4, -0.2) is 4.57 Å². The molecule has 0 amide bonds. The Balaban J connectivity index is 1.68. The van der Waals surface area contributed by atoms with Crippen molar-refractivity contribution in [1.29, 1.82) is 0 Å². The molecule has 1 heterocycles. The van der Waals surface area contributed by atoms with Crippen LogP contribution < -0.4 is 0 Å². The van der Waals surface area contributed by atoms with Gasteiger partial charge in [0.05, 0.1) is 11.0 Å². The highest BCUT2D eigenvalue weighted by Gasteiger charge is 2.41. The number of nitrogens with zero attached hydrogens (tertiary/aromatic N) is 1. The minimum atomic E-state index is 0.116. The number of allylic oxidation sites excluding steroid dienone is 4. The van der Waals surface area contributed by atoms with E-state index in [0.717, 1.165) is 12.8 Å². The van der Waals surface area contributed by atoms with Gasteiger partial charge in [0.15, 0.2) is 0 Å². The minimum Gasteiger partial charge on any atom is -0.309 e. The van der Waals surface area contributed by atoms with E-state index in [-0.39, 0.29) is 5.41 Å². The second-order valence-corrected chi connectivity index (χ2v) is 9.91. The second-order valence-electron chi connectivity index (χ2n) is 9.91. The zero-order chi connectivity index (χ0) is 22.0. The van der Waals surface area contributed by atoms with Gasteiger partial charge in [-0.3, -0.25) is 0 Å². The lowest BCUT2D eigenvalue weighted by molar-refractivity contribution is 0.505. The molecule has 2 aliphatic rings. The highest BCUT2D eigenvalue weighted by atomic mass is 15.0. The average Bonchev–Trinajstić information content (AvgIpc) is 3.28. The largest absolute Gasteiger partial charge is 0.309 e. The van der Waals surface area contributed by atoms with E-state index in [1.165, 1.54) is 56.2 Å². The van der Waals surface area contributed by atoms with Crippen LogP contribution in [0.5, 0.6) is 0 Å². The van der Waals surface area contributed by atoms with Gasteiger partial charge in [-0.1, -0.05) is 75.8 Å². The molecular formula is C31H31N. The molecule has 0 saturated heterocycles. The lowest BCUT2D eigenvalue weighted by atomic mass is 9.73. The number of hydrogen-bond acceptors (Lipinski definition) is 0. The molecular weight excluding hydrogens is 386 g/mol. The summed E-state index contributed by atoms with van der Waals surface area (Å²) in [5.74, 6) is 0.620. The summed E-state index contributed by atoms with van der Waals surface area (Å²) in [7, 11) is 0. The molecule has 2 atom stereocenters. The Bertz CT molecular complexity index is 1430. The van der Waals surface area contributed by atoms with E-state index in [2.05, 4.69) is 105 Å². The Morgan fingerprint density at radius 2 is 1.72 bits per heavy atom. The fraction of sp³-hybridized carbons (Fsp3) is 0.290. The summed E-state index contributed by atoms with van der Waals surface area (Å²) in [4.78, 5) is 0. The number of para-hydroxylation sites is 1. The number of aryl methyl sites for hydroxylation is 1. The maximum Gasteiger partial charge on any atom is 0.0544 e. The number of fused-ring (bicyclic) bond motifs is 5. The minimum absolute atomic E-state index is 0.116. The smallest absolute Gasteiger partial charge is 0.0544 e. The summed E-state index contributed by atoms with van der Waals surface area (Å²) in [6, 6.07) is 23.0. The van der Waals surface area contributed by atoms with Gasteiger partial charge in [-0.2, -0.15) is 0 Å². The molecule has 6 rings (SSSR count). The zero-order valence-electron chi connectivity index (χ0n) is 19.6. The molecule has 1 heteroatoms. The Kier molecular flexibility index (Phi) is 4.27. The van der Waals surface area contributed by atoms with Crippen LogP contribution in [0.15, 0.2) is 78.4 Å². The topological polar surface area (TPSA) is 4.93 Å². The molecule has 160 valence electrons. The van der Waals surface area contributed by atoms with Crippen LogP contribution in [0.2, 0.25) is 0 Å². The number of aromatic nitrogens is 1. The van der Waals surface area contributed by atoms with E-state index in [4.69, 9.17) is 0 Å². The van der Waals surface area contributed by atoms with Gasteiger partial charge in [0, 0.05) is 21.9 Å². The monoisotopic (exact) mass is 417 g/mol. The third-order valence-corrected chi connectivity index (χ3v) is 8.12. The maximum absolute atomic E-state index is 2.51. The van der Waals surface area contributed by atoms with Gasteiger partial charge in [0.25, 0.3) is 0 Å². The van der Waals surface area contributed by atoms with Gasteiger partial charge < -0.3 is 4.57 Å². The zero-order valence-corrected chi connectivity index (χ0v) is 19.6. The molecule has 3 aromatic carbocycles. The Morgan fingerprint density at radius 1 is 0.938 bits per heavy atom. The first-order valence-electron chi connectivity index (χ1n) is 12.1. The first-order valence-corrected chi connectivity index (χ1v) is 12.1. The van der Waals surface area contributed by atoms with Crippen LogP contribution in [0.3, 0.4) is 0 Å². The predicted molar refractivity (Wildman–Crippen MR) is 138 cm³/mol. The van der Waals surface area contributed by atoms with E-state index >= 15 is 0 Å². The van der Waals surface area contributed by atoms with Gasteiger partial charge in [-0.15, -0.1) is 0 Å². The van der Waals surface area contributed by atoms with Gasteiger partial charge in [0.2, 0.25) is 0 Å². The summed E-state index contributed by atoms with van der Waals surface area (Å²) in [5, 5.41) is 2.70. The molecule has 1 aromatic heterocycles. The van der Waals surface area contributed by atoms with E-state index < -0.39 is 0 Å². The molecule has 0 radical (unpaired) electrons. The highest BCUT2D eigenvalue weighted by molar-refractivity contribution is 6.11. The van der Waals surface area contributed by atoms with Crippen molar-refractivity contribution < 1.29 is 0 Å². The predicted octanol–water partition coefficient (Wildman–Crippen LogP) is 8.38. The Labute approximate surface area is 191 Å². The van der Waals surface area contributed by atoms with Crippen molar-refractivity contribution in [3.05, 3.63) is 95.1 Å². The van der Waals surface area contributed by atoms with E-state index in [9.17, 15) is 0 Å². The second kappa shape index (κ2) is 6.97. The van der Waals surface area contributed by atoms with E-state index in [1.54, 1.807) is 5.57 Å². The molecule has 4 aromatic rings. The van der Waals surface area contributed by atoms with Crippen molar-refractivity contribution in [3.8, 4) is 5.69 Å². The van der Waals surface area contributed by atoms with Crippen molar-refractivity contribution in [3.63, 3.8) is 0 Å². The van der Waals surface area contributed by atoms with Crippen molar-refractivity contribution in [2.45, 2.75) is 52.4 Å². The quantitative estimate of drug-likeness (QED) is 0.315. The van der Waals surface area contributed by atoms with Gasteiger partial charge >= 0.3 is 0 Å². The molecule has 0 aliphatic heterocycles. The molecule has 0 saturated carbocycles. The van der Waals surface area contributed by atoms with Crippen LogP contribution in [0.4, 0.5) is 0 Å². The third kappa shape index (κ3) is 2.57. The first kappa shape index (κ1) is 19.6. The highest BCUT2D eigenvalue weighted by Crippen LogP contribution is 2.54. The summed E-state index contributed by atoms with van der Waals surface area (Å²) in [6.45, 7) is 9.38. The van der Waals surface area contributed by atoms with Gasteiger partial charge in [0.1, 0.15) is 0 Å². The maximum atomic E-state index is 2.51. The first-order chi connectivity index (χ1) is 15.5. The number of benzene rings is 3. The molecule has 32 heavy (non-hydrogen) atoms. The van der Waals surface area contributed by atoms with Crippen LogP contribution >= 0.6 is 0 Å². The fourth-order valence-electron chi connectivity index (χ4n) is 6.06. The summed E-state index contributed by atoms with van der Waals surface area (Å²) < 4.78 is 2.47. The van der Waals surface area contributed by atoms with E-state index in [0.29, 0.717) is 5.92 Å². The van der Waals surface area contributed by atoms with Crippen molar-refractivity contribution >= 4 is 27.4 Å². The van der Waals surface area contributed by atoms with Gasteiger partial charge in [-0.05, 0) is 77.8 Å². The van der Waals surface area contributed by atoms with Crippen molar-refractivity contribution in [2.24, 2.45) is 5.92 Å². The average molecular weight is 418 g/mol. The summed E-state index contributed by atoms with van der Waals surface area (Å²) in [5.41, 5.74) is 11.4. The van der Waals surface area contributed by atoms with Crippen molar-refractivity contribution in [1.82, 2.24) is 4.57 Å². The lowest BCUT2D eigenvalue weighted by Gasteiger charge is -2.31. The van der Waals surface area contributed by atoms with Crippen LogP contribution in [-0.2, 0) is 11.8 Å². The summed E-state index contributed by atoms with van der Waals surface area (Å²) in [6.07, 6.45) is 8.17. The molecule has 0 spiro atoms. The molecule has 0 fully saturated rings. The Hall–Kier alpha value is -3.06. The third-order valence-electron chi connectivity index (χ3n) is 8.12. The number of hydrogen-bond donors (Lipinski definition) is 0. The summed E-state index contributed by atoms with van der Waals surface area (Å²) >= 11 is 0. The lowest BCUT2D eigenvalue weighted by Crippen LogP contribution is -2.23. The molecule has 2 unspecified atom stereocenters. The Morgan fingerprint density at radius 3 is 2.47 bits per heavy atom. The molecule has 1 nitrogen and oxygen atoms in total.